The van der Waals surface area contributed by atoms with E-state index < -0.39 is 114 Å². The van der Waals surface area contributed by atoms with Crippen LogP contribution in [0.3, 0.4) is 0 Å². The van der Waals surface area contributed by atoms with Crippen LogP contribution in [0.1, 0.15) is 54.0 Å². The molecule has 0 radical (unpaired) electrons. The number of amides is 2. The Bertz CT molecular complexity index is 1780. The predicted octanol–water partition coefficient (Wildman–Crippen LogP) is 2.06. The molecule has 1 saturated heterocycles. The maximum atomic E-state index is 12.6. The van der Waals surface area contributed by atoms with Crippen LogP contribution in [0.2, 0.25) is 0 Å². The molecule has 2 heterocycles. The first-order valence-corrected chi connectivity index (χ1v) is 17.0. The first-order chi connectivity index (χ1) is 26.7. The summed E-state index contributed by atoms with van der Waals surface area (Å²) in [5.74, 6) is -3.88. The number of ether oxygens (including phenoxy) is 9. The molecule has 0 aliphatic carbocycles. The van der Waals surface area contributed by atoms with Crippen LogP contribution in [0.15, 0.2) is 36.9 Å². The average molecular weight is 810 g/mol. The molecule has 312 valence electrons. The number of nitrogens with zero attached hydrogens (tertiary/aromatic N) is 3. The fourth-order valence-electron chi connectivity index (χ4n) is 4.94. The van der Waals surface area contributed by atoms with E-state index in [0.717, 1.165) is 44.4 Å². The molecule has 57 heavy (non-hydrogen) atoms. The van der Waals surface area contributed by atoms with E-state index in [2.05, 4.69) is 15.6 Å². The van der Waals surface area contributed by atoms with Gasteiger partial charge in [0.25, 0.3) is 0 Å². The van der Waals surface area contributed by atoms with Gasteiger partial charge in [-0.05, 0) is 32.4 Å². The summed E-state index contributed by atoms with van der Waals surface area (Å²) < 4.78 is 49.4. The molecule has 6 atom stereocenters. The number of aromatic nitrogens is 2. The number of nitro groups is 1. The van der Waals surface area contributed by atoms with E-state index in [4.69, 9.17) is 42.6 Å². The summed E-state index contributed by atoms with van der Waals surface area (Å²) >= 11 is 0. The third-order valence-corrected chi connectivity index (χ3v) is 7.11. The number of esters is 4. The zero-order valence-electron chi connectivity index (χ0n) is 31.9. The van der Waals surface area contributed by atoms with E-state index in [1.807, 2.05) is 0 Å². The maximum absolute atomic E-state index is 12.6. The number of imidazole rings is 1. The van der Waals surface area contributed by atoms with Gasteiger partial charge in [-0.3, -0.25) is 29.3 Å². The fourth-order valence-corrected chi connectivity index (χ4v) is 4.94. The molecule has 1 aromatic carbocycles. The topological polar surface area (TPSA) is 288 Å². The summed E-state index contributed by atoms with van der Waals surface area (Å²) in [6.07, 6.45) is -7.88. The number of benzene rings is 1. The Morgan fingerprint density at radius 2 is 1.49 bits per heavy atom. The van der Waals surface area contributed by atoms with E-state index in [1.165, 1.54) is 24.8 Å². The van der Waals surface area contributed by atoms with Crippen LogP contribution in [0.5, 0.6) is 5.75 Å². The molecule has 1 aliphatic rings. The summed E-state index contributed by atoms with van der Waals surface area (Å²) in [6.45, 7) is 7.41. The Hall–Kier alpha value is -6.52. The molecule has 1 aromatic heterocycles. The molecule has 2 aromatic rings. The molecule has 2 N–H and O–H groups in total. The van der Waals surface area contributed by atoms with Gasteiger partial charge in [-0.25, -0.2) is 23.9 Å². The van der Waals surface area contributed by atoms with Gasteiger partial charge < -0.3 is 53.3 Å². The lowest BCUT2D eigenvalue weighted by Gasteiger charge is -2.43. The van der Waals surface area contributed by atoms with Crippen molar-refractivity contribution >= 4 is 47.8 Å². The van der Waals surface area contributed by atoms with Gasteiger partial charge in [0.2, 0.25) is 12.4 Å². The van der Waals surface area contributed by atoms with Crippen molar-refractivity contribution in [3.05, 3.63) is 52.6 Å². The van der Waals surface area contributed by atoms with Gasteiger partial charge in [0, 0.05) is 46.2 Å². The van der Waals surface area contributed by atoms with Gasteiger partial charge in [0.15, 0.2) is 18.0 Å². The lowest BCUT2D eigenvalue weighted by Crippen LogP contribution is -2.63. The molecule has 0 saturated carbocycles. The third-order valence-electron chi connectivity index (χ3n) is 7.11. The summed E-state index contributed by atoms with van der Waals surface area (Å²) in [5, 5.41) is 17.0. The molecular weight excluding hydrogens is 766 g/mol. The van der Waals surface area contributed by atoms with E-state index >= 15 is 0 Å². The second-order valence-corrected chi connectivity index (χ2v) is 13.1. The Morgan fingerprint density at radius 3 is 2.05 bits per heavy atom. The van der Waals surface area contributed by atoms with Gasteiger partial charge in [0.1, 0.15) is 37.4 Å². The molecule has 2 amide bonds. The van der Waals surface area contributed by atoms with Crippen LogP contribution in [-0.2, 0) is 63.7 Å². The number of carbonyl (C=O) groups excluding carboxylic acids is 7. The molecule has 23 heteroatoms. The molecular formula is C34H43N5O18. The Labute approximate surface area is 324 Å². The van der Waals surface area contributed by atoms with E-state index in [9.17, 15) is 43.7 Å². The quantitative estimate of drug-likeness (QED) is 0.113. The van der Waals surface area contributed by atoms with Crippen LogP contribution in [0.25, 0.3) is 0 Å². The van der Waals surface area contributed by atoms with E-state index in [-0.39, 0.29) is 18.7 Å². The van der Waals surface area contributed by atoms with E-state index in [1.54, 1.807) is 20.8 Å². The smallest absolute Gasteiger partial charge is 0.419 e. The van der Waals surface area contributed by atoms with Crippen LogP contribution in [-0.4, -0.2) is 119 Å². The van der Waals surface area contributed by atoms with Crippen molar-refractivity contribution in [3.63, 3.8) is 0 Å². The lowest BCUT2D eigenvalue weighted by molar-refractivity contribution is -0.387. The number of rotatable bonds is 15. The van der Waals surface area contributed by atoms with Crippen molar-refractivity contribution in [3.8, 4) is 5.75 Å². The first kappa shape index (κ1) is 44.9. The largest absolute Gasteiger partial charge is 0.463 e. The number of hydrogen-bond acceptors (Lipinski definition) is 19. The van der Waals surface area contributed by atoms with Gasteiger partial charge in [0.05, 0.1) is 18.0 Å². The lowest BCUT2D eigenvalue weighted by atomic mass is 9.98. The second-order valence-electron chi connectivity index (χ2n) is 13.1. The van der Waals surface area contributed by atoms with Gasteiger partial charge in [-0.2, -0.15) is 0 Å². The second kappa shape index (κ2) is 20.4. The number of nitrogens with one attached hydrogen (secondary N) is 2. The molecule has 0 spiro atoms. The van der Waals surface area contributed by atoms with Crippen LogP contribution >= 0.6 is 0 Å². The first-order valence-electron chi connectivity index (χ1n) is 17.0. The van der Waals surface area contributed by atoms with Crippen molar-refractivity contribution in [2.45, 2.75) is 97.5 Å². The van der Waals surface area contributed by atoms with Crippen LogP contribution in [0, 0.1) is 10.1 Å². The molecule has 1 fully saturated rings. The molecule has 1 aliphatic heterocycles. The highest BCUT2D eigenvalue weighted by molar-refractivity contribution is 5.71. The third kappa shape index (κ3) is 14.9. The van der Waals surface area contributed by atoms with Crippen molar-refractivity contribution in [1.82, 2.24) is 20.2 Å². The minimum Gasteiger partial charge on any atom is -0.463 e. The average Bonchev–Trinajstić information content (AvgIpc) is 3.65. The summed E-state index contributed by atoms with van der Waals surface area (Å²) in [5.41, 5.74) is -1.39. The fraction of sp³-hybridized carbons (Fsp3) is 0.529. The SMILES string of the molecule is CC(=O)OCC1O[C@@H](Oc2ccc(COC(=O)NCC(CNC(=O)OC(C)(C)C)OC(=O)n3ccnc3)cc2[N+](=O)[O-])[C@@H](OC(C)=O)C(OC(C)=O)[C@H]1OC(C)=O. The van der Waals surface area contributed by atoms with Crippen LogP contribution < -0.4 is 15.4 Å². The number of alkyl carbamates (subject to hydrolysis) is 2. The minimum absolute atomic E-state index is 0.0976. The van der Waals surface area contributed by atoms with Crippen molar-refractivity contribution in [2.75, 3.05) is 19.7 Å². The number of nitro benzene ring substituents is 1. The standard InChI is InChI=1S/C34H43N5O18/c1-18(40)49-16-26-27(51-19(2)41)28(52-20(3)42)29(53-21(4)43)30(56-26)55-25-9-8-22(12-24(25)39(47)48)15-50-31(44)36-13-23(14-37-32(45)57-34(5,6)7)54-33(46)38-11-10-35-17-38/h8-12,17,23,26-30H,13-16H2,1-7H3,(H,36,44)(H,37,45)/t23?,26?,27-,28?,29-,30+/m0/s1. The highest BCUT2D eigenvalue weighted by Crippen LogP contribution is 2.35. The van der Waals surface area contributed by atoms with Crippen molar-refractivity contribution in [2.24, 2.45) is 0 Å². The van der Waals surface area contributed by atoms with Crippen LogP contribution in [0.4, 0.5) is 20.1 Å². The predicted molar refractivity (Wildman–Crippen MR) is 186 cm³/mol. The maximum Gasteiger partial charge on any atom is 0.419 e. The monoisotopic (exact) mass is 809 g/mol. The minimum atomic E-state index is -1.77. The summed E-state index contributed by atoms with van der Waals surface area (Å²) in [4.78, 5) is 100. The Balaban J connectivity index is 1.77. The Morgan fingerprint density at radius 1 is 0.877 bits per heavy atom. The van der Waals surface area contributed by atoms with Crippen molar-refractivity contribution < 1.29 is 81.1 Å². The molecule has 0 bridgehead atoms. The zero-order valence-corrected chi connectivity index (χ0v) is 31.9. The number of carbonyl (C=O) groups is 7. The summed E-state index contributed by atoms with van der Waals surface area (Å²) in [6, 6.07) is 3.42. The normalized spacial score (nSPS) is 19.4. The molecule has 23 nitrogen and oxygen atoms in total. The highest BCUT2D eigenvalue weighted by atomic mass is 16.7. The number of hydrogen-bond donors (Lipinski definition) is 2. The molecule has 3 unspecified atom stereocenters. The Kier molecular flexibility index (Phi) is 16.1. The highest BCUT2D eigenvalue weighted by Gasteiger charge is 2.53. The molecule has 3 rings (SSSR count). The van der Waals surface area contributed by atoms with Gasteiger partial charge in [-0.1, -0.05) is 6.07 Å². The van der Waals surface area contributed by atoms with E-state index in [0.29, 0.717) is 0 Å². The summed E-state index contributed by atoms with van der Waals surface area (Å²) in [7, 11) is 0. The van der Waals surface area contributed by atoms with Gasteiger partial charge >= 0.3 is 47.8 Å². The van der Waals surface area contributed by atoms with Crippen molar-refractivity contribution in [1.29, 1.82) is 0 Å². The zero-order chi connectivity index (χ0) is 42.4. The van der Waals surface area contributed by atoms with Gasteiger partial charge in [-0.15, -0.1) is 0 Å².